The molecule has 0 amide bonds. The zero-order valence-corrected chi connectivity index (χ0v) is 20.3. The van der Waals surface area contributed by atoms with Gasteiger partial charge in [0.15, 0.2) is 5.78 Å². The maximum atomic E-state index is 13.1. The quantitative estimate of drug-likeness (QED) is 0.436. The molecular weight excluding hydrogens is 404 g/mol. The van der Waals surface area contributed by atoms with Crippen LogP contribution in [-0.2, 0) is 16.0 Å². The monoisotopic (exact) mass is 442 g/mol. The largest absolute Gasteiger partial charge is 0.508 e. The summed E-state index contributed by atoms with van der Waals surface area (Å²) >= 11 is 0. The molecule has 0 saturated heterocycles. The number of aryl methyl sites for hydroxylation is 1. The zero-order valence-electron chi connectivity index (χ0n) is 20.3. The molecule has 0 aromatic heterocycles. The molecule has 0 fully saturated rings. The Hall–Kier alpha value is -2.11. The van der Waals surface area contributed by atoms with Crippen molar-refractivity contribution in [3.05, 3.63) is 46.1 Å². The highest BCUT2D eigenvalue weighted by atomic mass is 16.5. The van der Waals surface area contributed by atoms with Crippen molar-refractivity contribution in [1.29, 1.82) is 0 Å². The summed E-state index contributed by atoms with van der Waals surface area (Å²) in [4.78, 5) is 13.1. The third-order valence-electron chi connectivity index (χ3n) is 7.10. The van der Waals surface area contributed by atoms with Crippen LogP contribution >= 0.6 is 0 Å². The van der Waals surface area contributed by atoms with Crippen molar-refractivity contribution in [2.24, 2.45) is 5.41 Å². The number of aromatic hydroxyl groups is 2. The van der Waals surface area contributed by atoms with Crippen LogP contribution in [0.3, 0.4) is 0 Å². The van der Waals surface area contributed by atoms with E-state index in [4.69, 9.17) is 4.74 Å². The number of ketones is 1. The van der Waals surface area contributed by atoms with Gasteiger partial charge in [-0.3, -0.25) is 4.79 Å². The SMILES string of the molecule is C/C(=C\Cc1cc(O)cc(C)c1O)CC1=C2C[C@@H](O)C(C)(C)O[C@@H]1C(C)(C)CCCC2=O. The molecule has 176 valence electrons. The third kappa shape index (κ3) is 5.10. The van der Waals surface area contributed by atoms with Crippen LogP contribution in [0.2, 0.25) is 0 Å². The van der Waals surface area contributed by atoms with E-state index < -0.39 is 11.7 Å². The second-order valence-electron chi connectivity index (χ2n) is 10.8. The van der Waals surface area contributed by atoms with Crippen LogP contribution in [0.15, 0.2) is 34.9 Å². The lowest BCUT2D eigenvalue weighted by atomic mass is 9.72. The lowest BCUT2D eigenvalue weighted by Crippen LogP contribution is -2.45. The van der Waals surface area contributed by atoms with Crippen LogP contribution in [-0.4, -0.2) is 38.9 Å². The Bertz CT molecular complexity index is 951. The van der Waals surface area contributed by atoms with Crippen molar-refractivity contribution >= 4 is 5.78 Å². The smallest absolute Gasteiger partial charge is 0.159 e. The van der Waals surface area contributed by atoms with Crippen LogP contribution in [0, 0.1) is 12.3 Å². The molecule has 3 N–H and O–H groups in total. The molecule has 5 heteroatoms. The maximum absolute atomic E-state index is 13.1. The number of rotatable bonds is 4. The molecule has 0 unspecified atom stereocenters. The minimum atomic E-state index is -0.748. The van der Waals surface area contributed by atoms with Gasteiger partial charge in [-0.15, -0.1) is 0 Å². The van der Waals surface area contributed by atoms with Crippen LogP contribution < -0.4 is 0 Å². The van der Waals surface area contributed by atoms with E-state index in [0.717, 1.165) is 29.6 Å². The summed E-state index contributed by atoms with van der Waals surface area (Å²) in [6.07, 6.45) is 4.61. The van der Waals surface area contributed by atoms with Gasteiger partial charge in [0.05, 0.1) is 17.8 Å². The van der Waals surface area contributed by atoms with Crippen LogP contribution in [0.4, 0.5) is 0 Å². The molecule has 3 rings (SSSR count). The molecule has 1 aliphatic carbocycles. The van der Waals surface area contributed by atoms with E-state index in [0.29, 0.717) is 36.8 Å². The predicted octanol–water partition coefficient (Wildman–Crippen LogP) is 5.29. The molecule has 0 saturated carbocycles. The van der Waals surface area contributed by atoms with Crippen molar-refractivity contribution in [3.63, 3.8) is 0 Å². The normalized spacial score (nSPS) is 25.8. The summed E-state index contributed by atoms with van der Waals surface area (Å²) in [5.74, 6) is 0.446. The van der Waals surface area contributed by atoms with Gasteiger partial charge in [-0.2, -0.15) is 0 Å². The van der Waals surface area contributed by atoms with E-state index >= 15 is 0 Å². The van der Waals surface area contributed by atoms with Crippen molar-refractivity contribution in [2.45, 2.75) is 97.9 Å². The maximum Gasteiger partial charge on any atom is 0.159 e. The van der Waals surface area contributed by atoms with Gasteiger partial charge in [0.2, 0.25) is 0 Å². The number of carbonyl (C=O) groups is 1. The fourth-order valence-electron chi connectivity index (χ4n) is 4.94. The van der Waals surface area contributed by atoms with Gasteiger partial charge in [-0.05, 0) is 87.6 Å². The van der Waals surface area contributed by atoms with Crippen LogP contribution in [0.25, 0.3) is 0 Å². The number of ether oxygens (including phenoxy) is 1. The number of carbonyl (C=O) groups excluding carboxylic acids is 1. The van der Waals surface area contributed by atoms with Gasteiger partial charge in [0.1, 0.15) is 11.5 Å². The molecule has 1 heterocycles. The van der Waals surface area contributed by atoms with Crippen LogP contribution in [0.1, 0.15) is 77.8 Å². The Labute approximate surface area is 191 Å². The molecular formula is C27H38O5. The van der Waals surface area contributed by atoms with E-state index in [1.807, 2.05) is 26.8 Å². The number of hydrogen-bond donors (Lipinski definition) is 3. The van der Waals surface area contributed by atoms with Crippen LogP contribution in [0.5, 0.6) is 11.5 Å². The van der Waals surface area contributed by atoms with Gasteiger partial charge in [-0.1, -0.05) is 25.5 Å². The van der Waals surface area contributed by atoms with Gasteiger partial charge in [0, 0.05) is 18.4 Å². The molecule has 5 nitrogen and oxygen atoms in total. The Balaban J connectivity index is 1.98. The van der Waals surface area contributed by atoms with Crippen molar-refractivity contribution < 1.29 is 24.9 Å². The Kier molecular flexibility index (Phi) is 6.92. The van der Waals surface area contributed by atoms with Crippen molar-refractivity contribution in [2.75, 3.05) is 0 Å². The lowest BCUT2D eigenvalue weighted by molar-refractivity contribution is -0.148. The number of phenols is 2. The molecule has 2 bridgehead atoms. The summed E-state index contributed by atoms with van der Waals surface area (Å²) in [5.41, 5.74) is 3.16. The molecule has 2 aliphatic rings. The highest BCUT2D eigenvalue weighted by Gasteiger charge is 2.45. The summed E-state index contributed by atoms with van der Waals surface area (Å²) in [7, 11) is 0. The molecule has 0 radical (unpaired) electrons. The number of Topliss-reactive ketones (excluding diaryl/α,β-unsaturated/α-hetero) is 1. The Morgan fingerprint density at radius 3 is 2.59 bits per heavy atom. The van der Waals surface area contributed by atoms with E-state index in [9.17, 15) is 20.1 Å². The number of fused-ring (bicyclic) bond motifs is 1. The van der Waals surface area contributed by atoms with Gasteiger partial charge >= 0.3 is 0 Å². The minimum absolute atomic E-state index is 0.120. The predicted molar refractivity (Wildman–Crippen MR) is 126 cm³/mol. The summed E-state index contributed by atoms with van der Waals surface area (Å²) in [5, 5.41) is 31.1. The molecule has 2 atom stereocenters. The topological polar surface area (TPSA) is 87.0 Å². The first kappa shape index (κ1) is 24.5. The summed E-state index contributed by atoms with van der Waals surface area (Å²) in [6, 6.07) is 3.12. The standard InChI is InChI=1S/C27H38O5/c1-16(9-10-18-14-19(28)13-17(2)24(18)31)12-21-20-15-23(30)27(5,6)32-25(21)26(3,4)11-7-8-22(20)29/h9,13-14,23,25,28,30-31H,7-8,10-12,15H2,1-6H3/b16-9+/t23-,25+/m1/s1. The fraction of sp³-hybridized carbons (Fsp3) is 0.593. The number of phenolic OH excluding ortho intramolecular Hbond substituents is 2. The van der Waals surface area contributed by atoms with Crippen molar-refractivity contribution in [3.8, 4) is 11.5 Å². The molecule has 0 spiro atoms. The lowest BCUT2D eigenvalue weighted by Gasteiger charge is -2.41. The molecule has 1 aromatic carbocycles. The average Bonchev–Trinajstić information content (AvgIpc) is 2.79. The number of hydrogen-bond acceptors (Lipinski definition) is 5. The number of aliphatic hydroxyl groups excluding tert-OH is 1. The third-order valence-corrected chi connectivity index (χ3v) is 7.10. The second kappa shape index (κ2) is 9.03. The zero-order chi connectivity index (χ0) is 23.8. The molecule has 32 heavy (non-hydrogen) atoms. The van der Waals surface area contributed by atoms with E-state index in [-0.39, 0.29) is 28.8 Å². The van der Waals surface area contributed by atoms with E-state index in [2.05, 4.69) is 13.8 Å². The van der Waals surface area contributed by atoms with Gasteiger partial charge < -0.3 is 20.1 Å². The first-order valence-corrected chi connectivity index (χ1v) is 11.6. The van der Waals surface area contributed by atoms with E-state index in [1.165, 1.54) is 0 Å². The number of allylic oxidation sites excluding steroid dienone is 2. The fourth-order valence-corrected chi connectivity index (χ4v) is 4.94. The molecule has 1 aromatic rings. The van der Waals surface area contributed by atoms with Gasteiger partial charge in [-0.25, -0.2) is 0 Å². The summed E-state index contributed by atoms with van der Waals surface area (Å²) in [6.45, 7) is 12.0. The second-order valence-corrected chi connectivity index (χ2v) is 10.8. The van der Waals surface area contributed by atoms with E-state index in [1.54, 1.807) is 19.1 Å². The molecule has 1 aliphatic heterocycles. The summed E-state index contributed by atoms with van der Waals surface area (Å²) < 4.78 is 6.55. The first-order chi connectivity index (χ1) is 14.8. The van der Waals surface area contributed by atoms with Crippen molar-refractivity contribution in [1.82, 2.24) is 0 Å². The number of benzene rings is 1. The average molecular weight is 443 g/mol. The highest BCUT2D eigenvalue weighted by molar-refractivity contribution is 5.96. The highest BCUT2D eigenvalue weighted by Crippen LogP contribution is 2.45. The van der Waals surface area contributed by atoms with Gasteiger partial charge in [0.25, 0.3) is 0 Å². The first-order valence-electron chi connectivity index (χ1n) is 11.6. The Morgan fingerprint density at radius 2 is 1.91 bits per heavy atom. The Morgan fingerprint density at radius 1 is 1.22 bits per heavy atom. The minimum Gasteiger partial charge on any atom is -0.508 e. The number of aliphatic hydroxyl groups is 1.